The normalized spacial score (nSPS) is 43.6. The Morgan fingerprint density at radius 1 is 1.21 bits per heavy atom. The molecule has 2 bridgehead atoms. The highest BCUT2D eigenvalue weighted by molar-refractivity contribution is 6.00. The number of hydrogen-bond donors (Lipinski definition) is 0. The quantitative estimate of drug-likeness (QED) is 0.694. The molecule has 4 heteroatoms. The predicted molar refractivity (Wildman–Crippen MR) is 88.0 cm³/mol. The van der Waals surface area contributed by atoms with Crippen LogP contribution in [0, 0.1) is 22.7 Å². The SMILES string of the molecule is CC(=O)O[C@H]1CC[C@H]2[C@@H]3C=CC4=CC(=O)CCC4(CC[C@]12C)C3=O. The maximum absolute atomic E-state index is 13.4. The fourth-order valence-electron chi connectivity index (χ4n) is 5.70. The van der Waals surface area contributed by atoms with Crippen LogP contribution in [0.1, 0.15) is 52.4 Å². The molecule has 2 fully saturated rings. The lowest BCUT2D eigenvalue weighted by Gasteiger charge is -2.40. The van der Waals surface area contributed by atoms with Crippen molar-refractivity contribution in [2.24, 2.45) is 22.7 Å². The van der Waals surface area contributed by atoms with E-state index in [1.165, 1.54) is 6.92 Å². The number of carbonyl (C=O) groups is 3. The standard InChI is InChI=1S/C20H24O4/c1-12(21)24-17-6-5-16-15-4-3-13-11-14(22)7-8-20(13,18(15)23)10-9-19(16,17)2/h3-4,11,15-17H,5-10H2,1-2H3/t15-,16-,17-,19-,20?/m0/s1. The molecule has 1 spiro atoms. The van der Waals surface area contributed by atoms with Crippen LogP contribution in [-0.2, 0) is 19.1 Å². The molecule has 0 aromatic carbocycles. The van der Waals surface area contributed by atoms with E-state index in [1.54, 1.807) is 6.08 Å². The largest absolute Gasteiger partial charge is 0.462 e. The van der Waals surface area contributed by atoms with E-state index in [0.717, 1.165) is 31.3 Å². The van der Waals surface area contributed by atoms with Gasteiger partial charge in [0, 0.05) is 24.7 Å². The summed E-state index contributed by atoms with van der Waals surface area (Å²) in [6.45, 7) is 3.65. The molecule has 24 heavy (non-hydrogen) atoms. The smallest absolute Gasteiger partial charge is 0.302 e. The van der Waals surface area contributed by atoms with Gasteiger partial charge in [0.1, 0.15) is 6.10 Å². The van der Waals surface area contributed by atoms with Crippen LogP contribution in [0.4, 0.5) is 0 Å². The molecule has 0 aromatic rings. The maximum Gasteiger partial charge on any atom is 0.302 e. The van der Waals surface area contributed by atoms with E-state index in [0.29, 0.717) is 18.6 Å². The van der Waals surface area contributed by atoms with E-state index in [2.05, 4.69) is 6.92 Å². The van der Waals surface area contributed by atoms with Gasteiger partial charge in [-0.05, 0) is 49.7 Å². The molecule has 0 N–H and O–H groups in total. The second-order valence-electron chi connectivity index (χ2n) is 8.18. The number of ketones is 2. The lowest BCUT2D eigenvalue weighted by molar-refractivity contribution is -0.152. The summed E-state index contributed by atoms with van der Waals surface area (Å²) in [7, 11) is 0. The Balaban J connectivity index is 1.77. The van der Waals surface area contributed by atoms with E-state index in [4.69, 9.17) is 4.74 Å². The molecule has 0 amide bonds. The van der Waals surface area contributed by atoms with Gasteiger partial charge >= 0.3 is 5.97 Å². The molecule has 2 saturated carbocycles. The minimum Gasteiger partial charge on any atom is -0.462 e. The van der Waals surface area contributed by atoms with Gasteiger partial charge in [-0.3, -0.25) is 14.4 Å². The molecule has 4 nitrogen and oxygen atoms in total. The van der Waals surface area contributed by atoms with Crippen molar-refractivity contribution in [3.63, 3.8) is 0 Å². The van der Waals surface area contributed by atoms with Crippen molar-refractivity contribution in [1.82, 2.24) is 0 Å². The third kappa shape index (κ3) is 2.01. The fourth-order valence-corrected chi connectivity index (χ4v) is 5.70. The molecule has 0 aromatic heterocycles. The summed E-state index contributed by atoms with van der Waals surface area (Å²) in [5, 5.41) is 0. The molecule has 1 unspecified atom stereocenters. The molecular weight excluding hydrogens is 304 g/mol. The van der Waals surface area contributed by atoms with E-state index in [9.17, 15) is 14.4 Å². The average Bonchev–Trinajstić information content (AvgIpc) is 2.81. The van der Waals surface area contributed by atoms with E-state index >= 15 is 0 Å². The second-order valence-corrected chi connectivity index (χ2v) is 8.18. The minimum absolute atomic E-state index is 0.102. The molecule has 5 atom stereocenters. The maximum atomic E-state index is 13.4. The molecule has 128 valence electrons. The van der Waals surface area contributed by atoms with Crippen LogP contribution < -0.4 is 0 Å². The zero-order chi connectivity index (χ0) is 17.1. The summed E-state index contributed by atoms with van der Waals surface area (Å²) >= 11 is 0. The summed E-state index contributed by atoms with van der Waals surface area (Å²) in [6, 6.07) is 0. The van der Waals surface area contributed by atoms with Crippen LogP contribution in [0.5, 0.6) is 0 Å². The third-order valence-corrected chi connectivity index (χ3v) is 7.08. The molecule has 4 aliphatic rings. The first kappa shape index (κ1) is 15.8. The van der Waals surface area contributed by atoms with Crippen molar-refractivity contribution in [2.75, 3.05) is 0 Å². The van der Waals surface area contributed by atoms with Gasteiger partial charge in [-0.15, -0.1) is 0 Å². The van der Waals surface area contributed by atoms with E-state index < -0.39 is 5.41 Å². The number of hydrogen-bond acceptors (Lipinski definition) is 4. The van der Waals surface area contributed by atoms with Crippen LogP contribution >= 0.6 is 0 Å². The van der Waals surface area contributed by atoms with E-state index in [-0.39, 0.29) is 35.1 Å². The fraction of sp³-hybridized carbons (Fsp3) is 0.650. The molecule has 0 heterocycles. The van der Waals surface area contributed by atoms with Crippen molar-refractivity contribution in [3.8, 4) is 0 Å². The lowest BCUT2D eigenvalue weighted by atomic mass is 9.61. The molecule has 0 radical (unpaired) electrons. The van der Waals surface area contributed by atoms with Crippen molar-refractivity contribution in [1.29, 1.82) is 0 Å². The molecule has 0 aliphatic heterocycles. The number of Topliss-reactive ketones (excluding diaryl/α,β-unsaturated/α-hetero) is 1. The minimum atomic E-state index is -0.485. The molecule has 0 saturated heterocycles. The van der Waals surface area contributed by atoms with Crippen molar-refractivity contribution >= 4 is 17.5 Å². The first-order chi connectivity index (χ1) is 11.4. The number of fused-ring (bicyclic) bond motifs is 3. The number of esters is 1. The van der Waals surface area contributed by atoms with E-state index in [1.807, 2.05) is 12.2 Å². The van der Waals surface area contributed by atoms with Gasteiger partial charge in [0.2, 0.25) is 0 Å². The highest BCUT2D eigenvalue weighted by atomic mass is 16.5. The Morgan fingerprint density at radius 2 is 2.00 bits per heavy atom. The number of carbonyl (C=O) groups excluding carboxylic acids is 3. The Labute approximate surface area is 142 Å². The Hall–Kier alpha value is -1.71. The summed E-state index contributed by atoms with van der Waals surface area (Å²) in [5.41, 5.74) is 0.269. The number of rotatable bonds is 1. The van der Waals surface area contributed by atoms with Gasteiger partial charge in [-0.25, -0.2) is 0 Å². The Morgan fingerprint density at radius 3 is 2.75 bits per heavy atom. The predicted octanol–water partition coefficient (Wildman–Crippen LogP) is 3.16. The summed E-state index contributed by atoms with van der Waals surface area (Å²) in [6.07, 6.45) is 10.1. The van der Waals surface area contributed by atoms with Gasteiger partial charge in [-0.2, -0.15) is 0 Å². The van der Waals surface area contributed by atoms with Gasteiger partial charge in [-0.1, -0.05) is 19.1 Å². The number of allylic oxidation sites excluding steroid dienone is 4. The average molecular weight is 328 g/mol. The van der Waals surface area contributed by atoms with Crippen LogP contribution in [0.15, 0.2) is 23.8 Å². The number of ether oxygens (including phenoxy) is 1. The van der Waals surface area contributed by atoms with Crippen molar-refractivity contribution in [2.45, 2.75) is 58.5 Å². The summed E-state index contributed by atoms with van der Waals surface area (Å²) in [5.74, 6) is 0.298. The van der Waals surface area contributed by atoms with Crippen molar-refractivity contribution < 1.29 is 19.1 Å². The van der Waals surface area contributed by atoms with Gasteiger partial charge in [0.15, 0.2) is 11.6 Å². The van der Waals surface area contributed by atoms with Gasteiger partial charge < -0.3 is 4.74 Å². The highest BCUT2D eigenvalue weighted by Gasteiger charge is 2.60. The van der Waals surface area contributed by atoms with Gasteiger partial charge in [0.05, 0.1) is 5.41 Å². The van der Waals surface area contributed by atoms with Crippen LogP contribution in [0.2, 0.25) is 0 Å². The molecule has 4 aliphatic carbocycles. The van der Waals surface area contributed by atoms with Crippen molar-refractivity contribution in [3.05, 3.63) is 23.8 Å². The zero-order valence-electron chi connectivity index (χ0n) is 14.3. The Kier molecular flexibility index (Phi) is 3.38. The molecule has 4 rings (SSSR count). The lowest BCUT2D eigenvalue weighted by Crippen LogP contribution is -2.43. The van der Waals surface area contributed by atoms with Crippen LogP contribution in [0.3, 0.4) is 0 Å². The summed E-state index contributed by atoms with van der Waals surface area (Å²) < 4.78 is 5.63. The van der Waals surface area contributed by atoms with Crippen LogP contribution in [0.25, 0.3) is 0 Å². The second kappa shape index (κ2) is 5.14. The Bertz CT molecular complexity index is 688. The van der Waals surface area contributed by atoms with Crippen LogP contribution in [-0.4, -0.2) is 23.6 Å². The molecular formula is C20H24O4. The topological polar surface area (TPSA) is 60.4 Å². The first-order valence-electron chi connectivity index (χ1n) is 9.01. The third-order valence-electron chi connectivity index (χ3n) is 7.08. The van der Waals surface area contributed by atoms with Gasteiger partial charge in [0.25, 0.3) is 0 Å². The highest BCUT2D eigenvalue weighted by Crippen LogP contribution is 2.60. The monoisotopic (exact) mass is 328 g/mol. The summed E-state index contributed by atoms with van der Waals surface area (Å²) in [4.78, 5) is 36.7. The first-order valence-corrected chi connectivity index (χ1v) is 9.01. The zero-order valence-corrected chi connectivity index (χ0v) is 14.3.